The van der Waals surface area contributed by atoms with Crippen LogP contribution in [0.4, 0.5) is 11.4 Å². The second-order valence-corrected chi connectivity index (χ2v) is 10.2. The van der Waals surface area contributed by atoms with Gasteiger partial charge in [0.1, 0.15) is 5.75 Å². The number of hydrogen-bond acceptors (Lipinski definition) is 7. The standard InChI is InChI=1S/C19H18N4O5S2/c24-29(25)14-2-13-23(29)16-6-10-18(11-7-16)30(26,27)22-15-4-8-17(9-5-15)28-19-3-1-12-20-21-19/h1,3-12,22H,2,13-14H2. The highest BCUT2D eigenvalue weighted by atomic mass is 32.2. The van der Waals surface area contributed by atoms with Crippen LogP contribution in [0.15, 0.2) is 71.8 Å². The van der Waals surface area contributed by atoms with Gasteiger partial charge in [0.15, 0.2) is 0 Å². The van der Waals surface area contributed by atoms with E-state index < -0.39 is 20.0 Å². The molecule has 0 spiro atoms. The van der Waals surface area contributed by atoms with E-state index in [0.29, 0.717) is 36.0 Å². The van der Waals surface area contributed by atoms with Crippen LogP contribution in [0, 0.1) is 0 Å². The number of hydrogen-bond donors (Lipinski definition) is 1. The summed E-state index contributed by atoms with van der Waals surface area (Å²) in [6.45, 7) is 0.398. The number of nitrogens with one attached hydrogen (secondary N) is 1. The van der Waals surface area contributed by atoms with Crippen molar-refractivity contribution in [1.29, 1.82) is 0 Å². The summed E-state index contributed by atoms with van der Waals surface area (Å²) in [6, 6.07) is 15.4. The van der Waals surface area contributed by atoms with Crippen molar-refractivity contribution in [2.24, 2.45) is 0 Å². The molecule has 0 aliphatic carbocycles. The molecule has 30 heavy (non-hydrogen) atoms. The molecule has 0 saturated carbocycles. The molecule has 2 heterocycles. The lowest BCUT2D eigenvalue weighted by atomic mass is 10.3. The molecule has 0 atom stereocenters. The second kappa shape index (κ2) is 7.92. The summed E-state index contributed by atoms with van der Waals surface area (Å²) in [5, 5.41) is 7.53. The lowest BCUT2D eigenvalue weighted by molar-refractivity contribution is 0.455. The van der Waals surface area contributed by atoms with Gasteiger partial charge in [0.05, 0.1) is 16.3 Å². The molecule has 1 aromatic heterocycles. The third-order valence-electron chi connectivity index (χ3n) is 4.41. The van der Waals surface area contributed by atoms with Crippen molar-refractivity contribution < 1.29 is 21.6 Å². The minimum atomic E-state index is -3.84. The Morgan fingerprint density at radius 2 is 1.73 bits per heavy atom. The van der Waals surface area contributed by atoms with Crippen molar-refractivity contribution in [2.45, 2.75) is 11.3 Å². The Hall–Kier alpha value is -3.18. The maximum absolute atomic E-state index is 12.6. The summed E-state index contributed by atoms with van der Waals surface area (Å²) < 4.78 is 58.6. The first-order valence-corrected chi connectivity index (χ1v) is 12.1. The van der Waals surface area contributed by atoms with Crippen LogP contribution in [0.3, 0.4) is 0 Å². The van der Waals surface area contributed by atoms with Gasteiger partial charge >= 0.3 is 0 Å². The molecular weight excluding hydrogens is 428 g/mol. The average Bonchev–Trinajstić information content (AvgIpc) is 3.09. The van der Waals surface area contributed by atoms with Crippen LogP contribution in [0.25, 0.3) is 0 Å². The topological polar surface area (TPSA) is 119 Å². The molecule has 2 aromatic carbocycles. The van der Waals surface area contributed by atoms with E-state index in [9.17, 15) is 16.8 Å². The molecule has 1 N–H and O–H groups in total. The molecule has 1 aliphatic heterocycles. The van der Waals surface area contributed by atoms with Crippen LogP contribution in [0.2, 0.25) is 0 Å². The number of aromatic nitrogens is 2. The zero-order valence-corrected chi connectivity index (χ0v) is 17.3. The summed E-state index contributed by atoms with van der Waals surface area (Å²) in [5.74, 6) is 0.908. The zero-order valence-electron chi connectivity index (χ0n) is 15.7. The van der Waals surface area contributed by atoms with Gasteiger partial charge in [-0.1, -0.05) is 0 Å². The molecule has 0 bridgehead atoms. The van der Waals surface area contributed by atoms with Crippen LogP contribution in [0.1, 0.15) is 6.42 Å². The Labute approximate surface area is 174 Å². The molecule has 4 rings (SSSR count). The maximum atomic E-state index is 12.6. The second-order valence-electron chi connectivity index (χ2n) is 6.53. The van der Waals surface area contributed by atoms with Gasteiger partial charge < -0.3 is 4.74 Å². The Kier molecular flexibility index (Phi) is 5.31. The molecule has 0 radical (unpaired) electrons. The molecular formula is C19H18N4O5S2. The van der Waals surface area contributed by atoms with Crippen molar-refractivity contribution in [2.75, 3.05) is 21.3 Å². The lowest BCUT2D eigenvalue weighted by Gasteiger charge is -2.17. The largest absolute Gasteiger partial charge is 0.438 e. The first-order chi connectivity index (χ1) is 14.3. The molecule has 0 unspecified atom stereocenters. The Morgan fingerprint density at radius 3 is 2.33 bits per heavy atom. The fraction of sp³-hybridized carbons (Fsp3) is 0.158. The summed E-state index contributed by atoms with van der Waals surface area (Å²) in [7, 11) is -7.15. The normalized spacial score (nSPS) is 15.7. The van der Waals surface area contributed by atoms with Crippen LogP contribution >= 0.6 is 0 Å². The number of sulfonamides is 2. The Balaban J connectivity index is 1.46. The van der Waals surface area contributed by atoms with Crippen molar-refractivity contribution >= 4 is 31.4 Å². The number of ether oxygens (including phenoxy) is 1. The molecule has 9 nitrogen and oxygen atoms in total. The first kappa shape index (κ1) is 20.1. The molecule has 11 heteroatoms. The smallest absolute Gasteiger partial charge is 0.261 e. The van der Waals surface area contributed by atoms with Gasteiger partial charge in [-0.2, -0.15) is 5.10 Å². The molecule has 1 fully saturated rings. The van der Waals surface area contributed by atoms with Crippen molar-refractivity contribution in [3.63, 3.8) is 0 Å². The SMILES string of the molecule is O=S(=O)(Nc1ccc(Oc2cccnn2)cc1)c1ccc(N2CCCS2(=O)=O)cc1. The van der Waals surface area contributed by atoms with Gasteiger partial charge in [0, 0.05) is 24.5 Å². The predicted molar refractivity (Wildman–Crippen MR) is 112 cm³/mol. The van der Waals surface area contributed by atoms with Gasteiger partial charge in [-0.15, -0.1) is 5.10 Å². The van der Waals surface area contributed by atoms with Gasteiger partial charge in [-0.3, -0.25) is 9.03 Å². The summed E-state index contributed by atoms with van der Waals surface area (Å²) in [5.41, 5.74) is 0.810. The van der Waals surface area contributed by atoms with Crippen molar-refractivity contribution in [3.8, 4) is 11.6 Å². The zero-order chi connectivity index (χ0) is 21.2. The molecule has 0 amide bonds. The highest BCUT2D eigenvalue weighted by Crippen LogP contribution is 2.26. The van der Waals surface area contributed by atoms with Gasteiger partial charge in [0.25, 0.3) is 10.0 Å². The van der Waals surface area contributed by atoms with Crippen molar-refractivity contribution in [1.82, 2.24) is 10.2 Å². The first-order valence-electron chi connectivity index (χ1n) is 9.02. The highest BCUT2D eigenvalue weighted by molar-refractivity contribution is 7.93. The Morgan fingerprint density at radius 1 is 1.00 bits per heavy atom. The van der Waals surface area contributed by atoms with Crippen LogP contribution in [0.5, 0.6) is 11.6 Å². The van der Waals surface area contributed by atoms with E-state index in [1.807, 2.05) is 0 Å². The van der Waals surface area contributed by atoms with Crippen LogP contribution in [-0.4, -0.2) is 39.3 Å². The fourth-order valence-corrected chi connectivity index (χ4v) is 5.61. The molecule has 3 aromatic rings. The third-order valence-corrected chi connectivity index (χ3v) is 7.68. The van der Waals surface area contributed by atoms with Crippen LogP contribution < -0.4 is 13.8 Å². The van der Waals surface area contributed by atoms with E-state index >= 15 is 0 Å². The maximum Gasteiger partial charge on any atom is 0.261 e. The summed E-state index contributed by atoms with van der Waals surface area (Å²) in [4.78, 5) is 0.0303. The van der Waals surface area contributed by atoms with Gasteiger partial charge in [-0.25, -0.2) is 16.8 Å². The summed E-state index contributed by atoms with van der Waals surface area (Å²) in [6.07, 6.45) is 2.09. The van der Waals surface area contributed by atoms with Gasteiger partial charge in [-0.05, 0) is 61.0 Å². The Bertz CT molecular complexity index is 1230. The monoisotopic (exact) mass is 446 g/mol. The minimum Gasteiger partial charge on any atom is -0.438 e. The van der Waals surface area contributed by atoms with E-state index in [0.717, 1.165) is 0 Å². The molecule has 156 valence electrons. The number of anilines is 2. The number of benzene rings is 2. The van der Waals surface area contributed by atoms with E-state index in [2.05, 4.69) is 14.9 Å². The number of nitrogens with zero attached hydrogens (tertiary/aromatic N) is 3. The fourth-order valence-electron chi connectivity index (χ4n) is 2.99. The van der Waals surface area contributed by atoms with E-state index in [-0.39, 0.29) is 10.6 Å². The molecule has 1 saturated heterocycles. The van der Waals surface area contributed by atoms with E-state index in [1.54, 1.807) is 36.4 Å². The third kappa shape index (κ3) is 4.36. The highest BCUT2D eigenvalue weighted by Gasteiger charge is 2.28. The summed E-state index contributed by atoms with van der Waals surface area (Å²) >= 11 is 0. The quantitative estimate of drug-likeness (QED) is 0.618. The van der Waals surface area contributed by atoms with Crippen molar-refractivity contribution in [3.05, 3.63) is 66.9 Å². The van der Waals surface area contributed by atoms with Gasteiger partial charge in [0.2, 0.25) is 15.9 Å². The average molecular weight is 447 g/mol. The number of rotatable bonds is 6. The van der Waals surface area contributed by atoms with Crippen LogP contribution in [-0.2, 0) is 20.0 Å². The lowest BCUT2D eigenvalue weighted by Crippen LogP contribution is -2.25. The van der Waals surface area contributed by atoms with E-state index in [4.69, 9.17) is 4.74 Å². The van der Waals surface area contributed by atoms with E-state index in [1.165, 1.54) is 34.8 Å². The molecule has 1 aliphatic rings. The minimum absolute atomic E-state index is 0.0303. The predicted octanol–water partition coefficient (Wildman–Crippen LogP) is 2.61.